The summed E-state index contributed by atoms with van der Waals surface area (Å²) in [4.78, 5) is 16.1. The lowest BCUT2D eigenvalue weighted by molar-refractivity contribution is 0.194. The quantitative estimate of drug-likeness (QED) is 0.881. The van der Waals surface area contributed by atoms with Crippen LogP contribution in [0.25, 0.3) is 0 Å². The number of aromatic hydroxyl groups is 1. The van der Waals surface area contributed by atoms with Crippen molar-refractivity contribution in [3.63, 3.8) is 0 Å². The monoisotopic (exact) mass is 359 g/mol. The summed E-state index contributed by atoms with van der Waals surface area (Å²) in [6.07, 6.45) is 0. The Morgan fingerprint density at radius 1 is 1.19 bits per heavy atom. The van der Waals surface area contributed by atoms with Crippen LogP contribution in [0.2, 0.25) is 0 Å². The van der Waals surface area contributed by atoms with Gasteiger partial charge < -0.3 is 25.0 Å². The number of carbonyl (C=O) groups is 1. The zero-order valence-electron chi connectivity index (χ0n) is 14.6. The van der Waals surface area contributed by atoms with Gasteiger partial charge in [0, 0.05) is 32.7 Å². The van der Waals surface area contributed by atoms with Crippen molar-refractivity contribution in [2.24, 2.45) is 0 Å². The van der Waals surface area contributed by atoms with E-state index in [1.165, 1.54) is 13.2 Å². The van der Waals surface area contributed by atoms with Crippen LogP contribution < -0.4 is 15.0 Å². The molecule has 1 fully saturated rings. The van der Waals surface area contributed by atoms with Crippen molar-refractivity contribution in [3.8, 4) is 11.5 Å². The number of ether oxygens (including phenoxy) is 1. The highest BCUT2D eigenvalue weighted by Gasteiger charge is 2.22. The predicted molar refractivity (Wildman–Crippen MR) is 97.1 cm³/mol. The second-order valence-electron chi connectivity index (χ2n) is 6.09. The number of amides is 2. The smallest absolute Gasteiger partial charge is 0.317 e. The van der Waals surface area contributed by atoms with Gasteiger partial charge in [-0.15, -0.1) is 0 Å². The first-order chi connectivity index (χ1) is 12.6. The number of halogens is 1. The molecule has 0 bridgehead atoms. The van der Waals surface area contributed by atoms with Crippen LogP contribution in [0.1, 0.15) is 5.56 Å². The van der Waals surface area contributed by atoms with Crippen LogP contribution in [0.3, 0.4) is 0 Å². The molecular weight excluding hydrogens is 337 g/mol. The molecule has 1 aliphatic rings. The highest BCUT2D eigenvalue weighted by molar-refractivity contribution is 5.74. The first-order valence-corrected chi connectivity index (χ1v) is 8.46. The Morgan fingerprint density at radius 3 is 2.58 bits per heavy atom. The second-order valence-corrected chi connectivity index (χ2v) is 6.09. The Kier molecular flexibility index (Phi) is 5.46. The number of anilines is 1. The maximum absolute atomic E-state index is 13.7. The van der Waals surface area contributed by atoms with Crippen LogP contribution in [-0.4, -0.2) is 49.3 Å². The maximum Gasteiger partial charge on any atom is 0.317 e. The third kappa shape index (κ3) is 3.99. The van der Waals surface area contributed by atoms with E-state index in [4.69, 9.17) is 4.74 Å². The first kappa shape index (κ1) is 17.8. The molecule has 7 heteroatoms. The first-order valence-electron chi connectivity index (χ1n) is 8.46. The molecule has 0 unspecified atom stereocenters. The summed E-state index contributed by atoms with van der Waals surface area (Å²) in [6.45, 7) is 2.64. The molecule has 3 rings (SSSR count). The molecule has 0 aliphatic carbocycles. The molecule has 0 radical (unpaired) electrons. The van der Waals surface area contributed by atoms with Gasteiger partial charge in [-0.3, -0.25) is 0 Å². The van der Waals surface area contributed by atoms with Crippen molar-refractivity contribution in [2.75, 3.05) is 38.2 Å². The summed E-state index contributed by atoms with van der Waals surface area (Å²) < 4.78 is 18.6. The summed E-state index contributed by atoms with van der Waals surface area (Å²) in [7, 11) is 1.41. The molecule has 2 aromatic carbocycles. The zero-order chi connectivity index (χ0) is 18.5. The van der Waals surface area contributed by atoms with E-state index in [0.717, 1.165) is 5.69 Å². The lowest BCUT2D eigenvalue weighted by Crippen LogP contribution is -2.51. The Morgan fingerprint density at radius 2 is 1.92 bits per heavy atom. The SMILES string of the molecule is COc1ccc(CNC(=O)N2CCN(c3ccccc3O)CC2)cc1F. The van der Waals surface area contributed by atoms with Crippen molar-refractivity contribution < 1.29 is 19.0 Å². The summed E-state index contributed by atoms with van der Waals surface area (Å²) in [5, 5.41) is 12.7. The third-order valence-corrected chi connectivity index (χ3v) is 4.45. The van der Waals surface area contributed by atoms with Gasteiger partial charge in [0.05, 0.1) is 12.8 Å². The number of methoxy groups -OCH3 is 1. The fourth-order valence-electron chi connectivity index (χ4n) is 2.99. The van der Waals surface area contributed by atoms with E-state index < -0.39 is 5.82 Å². The largest absolute Gasteiger partial charge is 0.506 e. The molecule has 0 saturated carbocycles. The van der Waals surface area contributed by atoms with E-state index >= 15 is 0 Å². The standard InChI is InChI=1S/C19H22FN3O3/c1-26-18-7-6-14(12-15(18)20)13-21-19(25)23-10-8-22(9-11-23)16-4-2-3-5-17(16)24/h2-7,12,24H,8-11,13H2,1H3,(H,21,25). The molecule has 1 aliphatic heterocycles. The van der Waals surface area contributed by atoms with E-state index in [1.807, 2.05) is 12.1 Å². The molecule has 2 aromatic rings. The Hall–Kier alpha value is -2.96. The number of phenols is 1. The fourth-order valence-corrected chi connectivity index (χ4v) is 2.99. The number of benzene rings is 2. The predicted octanol–water partition coefficient (Wildman–Crippen LogP) is 2.57. The highest BCUT2D eigenvalue weighted by atomic mass is 19.1. The van der Waals surface area contributed by atoms with Gasteiger partial charge in [-0.05, 0) is 29.8 Å². The second kappa shape index (κ2) is 7.95. The van der Waals surface area contributed by atoms with Crippen LogP contribution in [0.5, 0.6) is 11.5 Å². The molecule has 0 aromatic heterocycles. The van der Waals surface area contributed by atoms with Crippen molar-refractivity contribution >= 4 is 11.7 Å². The number of nitrogens with one attached hydrogen (secondary N) is 1. The number of hydrogen-bond donors (Lipinski definition) is 2. The van der Waals surface area contributed by atoms with Gasteiger partial charge in [0.15, 0.2) is 11.6 Å². The van der Waals surface area contributed by atoms with Crippen LogP contribution in [0.15, 0.2) is 42.5 Å². The molecular formula is C19H22FN3O3. The number of hydrogen-bond acceptors (Lipinski definition) is 4. The van der Waals surface area contributed by atoms with E-state index in [9.17, 15) is 14.3 Å². The van der Waals surface area contributed by atoms with Gasteiger partial charge in [-0.25, -0.2) is 9.18 Å². The average molecular weight is 359 g/mol. The van der Waals surface area contributed by atoms with Gasteiger partial charge in [0.25, 0.3) is 0 Å². The molecule has 2 amide bonds. The van der Waals surface area contributed by atoms with Crippen molar-refractivity contribution in [2.45, 2.75) is 6.54 Å². The number of para-hydroxylation sites is 2. The number of rotatable bonds is 4. The maximum atomic E-state index is 13.7. The Labute approximate surface area is 151 Å². The van der Waals surface area contributed by atoms with Crippen molar-refractivity contribution in [3.05, 3.63) is 53.8 Å². The number of urea groups is 1. The summed E-state index contributed by atoms with van der Waals surface area (Å²) in [6, 6.07) is 11.6. The van der Waals surface area contributed by atoms with E-state index in [-0.39, 0.29) is 24.1 Å². The van der Waals surface area contributed by atoms with Gasteiger partial charge >= 0.3 is 6.03 Å². The number of phenolic OH excluding ortho intramolecular Hbond substituents is 1. The number of carbonyl (C=O) groups excluding carboxylic acids is 1. The van der Waals surface area contributed by atoms with Gasteiger partial charge in [-0.2, -0.15) is 0 Å². The minimum atomic E-state index is -0.449. The minimum absolute atomic E-state index is 0.181. The Balaban J connectivity index is 1.51. The van der Waals surface area contributed by atoms with Gasteiger partial charge in [-0.1, -0.05) is 18.2 Å². The zero-order valence-corrected chi connectivity index (χ0v) is 14.6. The fraction of sp³-hybridized carbons (Fsp3) is 0.316. The summed E-state index contributed by atoms with van der Waals surface area (Å²) >= 11 is 0. The van der Waals surface area contributed by atoms with Gasteiger partial charge in [0.2, 0.25) is 0 Å². The molecule has 138 valence electrons. The van der Waals surface area contributed by atoms with E-state index in [1.54, 1.807) is 29.2 Å². The lowest BCUT2D eigenvalue weighted by Gasteiger charge is -2.36. The van der Waals surface area contributed by atoms with Crippen molar-refractivity contribution in [1.29, 1.82) is 0 Å². The molecule has 2 N–H and O–H groups in total. The van der Waals surface area contributed by atoms with Gasteiger partial charge in [0.1, 0.15) is 5.75 Å². The Bertz CT molecular complexity index is 776. The third-order valence-electron chi connectivity index (χ3n) is 4.45. The van der Waals surface area contributed by atoms with Crippen LogP contribution in [-0.2, 0) is 6.54 Å². The highest BCUT2D eigenvalue weighted by Crippen LogP contribution is 2.27. The molecule has 0 atom stereocenters. The summed E-state index contributed by atoms with van der Waals surface area (Å²) in [5.74, 6) is -0.0252. The summed E-state index contributed by atoms with van der Waals surface area (Å²) in [5.41, 5.74) is 1.45. The number of nitrogens with zero attached hydrogens (tertiary/aromatic N) is 2. The molecule has 6 nitrogen and oxygen atoms in total. The van der Waals surface area contributed by atoms with Crippen LogP contribution >= 0.6 is 0 Å². The average Bonchev–Trinajstić information content (AvgIpc) is 2.67. The molecule has 1 heterocycles. The van der Waals surface area contributed by atoms with Crippen LogP contribution in [0.4, 0.5) is 14.9 Å². The van der Waals surface area contributed by atoms with E-state index in [2.05, 4.69) is 10.2 Å². The number of piperazine rings is 1. The minimum Gasteiger partial charge on any atom is -0.506 e. The topological polar surface area (TPSA) is 65.0 Å². The normalized spacial score (nSPS) is 14.2. The molecule has 26 heavy (non-hydrogen) atoms. The lowest BCUT2D eigenvalue weighted by atomic mass is 10.2. The van der Waals surface area contributed by atoms with Crippen LogP contribution in [0, 0.1) is 5.82 Å². The van der Waals surface area contributed by atoms with Crippen molar-refractivity contribution in [1.82, 2.24) is 10.2 Å². The molecule has 0 spiro atoms. The van der Waals surface area contributed by atoms with E-state index in [0.29, 0.717) is 31.7 Å². The molecule has 1 saturated heterocycles.